The maximum absolute atomic E-state index is 12.6. The average molecular weight is 406 g/mol. The summed E-state index contributed by atoms with van der Waals surface area (Å²) in [5.41, 5.74) is 2.86. The number of halogens is 1. The van der Waals surface area contributed by atoms with Crippen molar-refractivity contribution < 1.29 is 18.5 Å². The molecule has 2 heterocycles. The summed E-state index contributed by atoms with van der Waals surface area (Å²) < 4.78 is 23.9. The third kappa shape index (κ3) is 3.96. The summed E-state index contributed by atoms with van der Waals surface area (Å²) in [5.74, 6) is 1.23. The van der Waals surface area contributed by atoms with Crippen LogP contribution in [0.1, 0.15) is 17.5 Å². The minimum Gasteiger partial charge on any atom is -0.489 e. The number of hydrogen-bond donors (Lipinski definition) is 0. The highest BCUT2D eigenvalue weighted by atomic mass is 35.5. The Morgan fingerprint density at radius 2 is 2.00 bits per heavy atom. The fourth-order valence-electron chi connectivity index (χ4n) is 3.42. The number of benzene rings is 2. The normalized spacial score (nSPS) is 16.6. The van der Waals surface area contributed by atoms with Crippen molar-refractivity contribution in [2.24, 2.45) is 0 Å². The molecule has 0 radical (unpaired) electrons. The van der Waals surface area contributed by atoms with Crippen molar-refractivity contribution in [3.05, 3.63) is 52.5 Å². The van der Waals surface area contributed by atoms with E-state index in [-0.39, 0.29) is 17.4 Å². The molecule has 27 heavy (non-hydrogen) atoms. The van der Waals surface area contributed by atoms with E-state index in [2.05, 4.69) is 0 Å². The molecule has 2 aliphatic heterocycles. The number of amides is 1. The summed E-state index contributed by atoms with van der Waals surface area (Å²) in [6.07, 6.45) is 1.63. The van der Waals surface area contributed by atoms with Crippen molar-refractivity contribution >= 4 is 34.0 Å². The Bertz CT molecular complexity index is 902. The maximum atomic E-state index is 12.6. The predicted octanol–water partition coefficient (Wildman–Crippen LogP) is 3.34. The van der Waals surface area contributed by atoms with Gasteiger partial charge in [-0.2, -0.15) is 0 Å². The van der Waals surface area contributed by atoms with Gasteiger partial charge in [0.05, 0.1) is 18.2 Å². The summed E-state index contributed by atoms with van der Waals surface area (Å²) in [5, 5.41) is 0.446. The molecule has 4 rings (SSSR count). The highest BCUT2D eigenvalue weighted by Gasteiger charge is 2.25. The van der Waals surface area contributed by atoms with E-state index >= 15 is 0 Å². The molecular weight excluding hydrogens is 386 g/mol. The van der Waals surface area contributed by atoms with E-state index < -0.39 is 10.8 Å². The fourth-order valence-corrected chi connectivity index (χ4v) is 4.78. The van der Waals surface area contributed by atoms with E-state index in [1.807, 2.05) is 24.3 Å². The van der Waals surface area contributed by atoms with Gasteiger partial charge < -0.3 is 14.4 Å². The molecule has 0 spiro atoms. The molecule has 2 aromatic carbocycles. The molecule has 0 unspecified atom stereocenters. The quantitative estimate of drug-likeness (QED) is 0.782. The zero-order valence-corrected chi connectivity index (χ0v) is 16.4. The number of ether oxygens (including phenoxy) is 2. The van der Waals surface area contributed by atoms with Crippen LogP contribution in [0.15, 0.2) is 36.4 Å². The first-order valence-electron chi connectivity index (χ1n) is 8.93. The molecule has 2 aromatic rings. The highest BCUT2D eigenvalue weighted by molar-refractivity contribution is 7.84. The standard InChI is InChI=1S/C20H20ClNO4S/c21-16-10-14(11-18-20(16)26-9-3-8-25-18)12-27(24)13-19(23)22-7-6-15-4-1-2-5-17(15)22/h1-2,4-5,10-11H,3,6-9,12-13H2/t27-/m1/s1. The van der Waals surface area contributed by atoms with Crippen molar-refractivity contribution in [2.75, 3.05) is 30.4 Å². The summed E-state index contributed by atoms with van der Waals surface area (Å²) >= 11 is 6.29. The monoisotopic (exact) mass is 405 g/mol. The van der Waals surface area contributed by atoms with Gasteiger partial charge in [-0.15, -0.1) is 0 Å². The van der Waals surface area contributed by atoms with Crippen LogP contribution in [0.4, 0.5) is 5.69 Å². The molecule has 2 aliphatic rings. The summed E-state index contributed by atoms with van der Waals surface area (Å²) in [6.45, 7) is 1.76. The predicted molar refractivity (Wildman–Crippen MR) is 106 cm³/mol. The van der Waals surface area contributed by atoms with E-state index in [1.54, 1.807) is 17.0 Å². The molecule has 1 atom stereocenters. The second-order valence-corrected chi connectivity index (χ2v) is 8.47. The molecule has 7 heteroatoms. The van der Waals surface area contributed by atoms with Gasteiger partial charge in [0.2, 0.25) is 5.91 Å². The molecule has 0 bridgehead atoms. The third-order valence-electron chi connectivity index (χ3n) is 4.66. The molecule has 0 fully saturated rings. The lowest BCUT2D eigenvalue weighted by molar-refractivity contribution is -0.116. The Morgan fingerprint density at radius 3 is 2.89 bits per heavy atom. The van der Waals surface area contributed by atoms with E-state index in [0.717, 1.165) is 29.7 Å². The summed E-state index contributed by atoms with van der Waals surface area (Å²) in [4.78, 5) is 14.3. The van der Waals surface area contributed by atoms with Gasteiger partial charge in [0, 0.05) is 35.2 Å². The average Bonchev–Trinajstić information content (AvgIpc) is 2.93. The number of carbonyl (C=O) groups is 1. The first-order valence-corrected chi connectivity index (χ1v) is 10.8. The highest BCUT2D eigenvalue weighted by Crippen LogP contribution is 2.38. The number of anilines is 1. The summed E-state index contributed by atoms with van der Waals surface area (Å²) in [7, 11) is -1.33. The molecule has 0 aromatic heterocycles. The number of carbonyl (C=O) groups excluding carboxylic acids is 1. The Labute approximate surface area is 165 Å². The lowest BCUT2D eigenvalue weighted by atomic mass is 10.2. The van der Waals surface area contributed by atoms with Crippen LogP contribution in [-0.2, 0) is 27.8 Å². The van der Waals surface area contributed by atoms with Gasteiger partial charge in [0.25, 0.3) is 0 Å². The van der Waals surface area contributed by atoms with Crippen molar-refractivity contribution in [3.63, 3.8) is 0 Å². The zero-order chi connectivity index (χ0) is 18.8. The van der Waals surface area contributed by atoms with Gasteiger partial charge in [0.1, 0.15) is 5.75 Å². The minimum atomic E-state index is -1.33. The number of nitrogens with zero attached hydrogens (tertiary/aromatic N) is 1. The van der Waals surface area contributed by atoms with Gasteiger partial charge in [-0.05, 0) is 35.7 Å². The molecule has 0 N–H and O–H groups in total. The Kier molecular flexibility index (Phi) is 5.36. The van der Waals surface area contributed by atoms with E-state index in [1.165, 1.54) is 0 Å². The molecule has 0 saturated heterocycles. The van der Waals surface area contributed by atoms with Crippen LogP contribution < -0.4 is 14.4 Å². The second kappa shape index (κ2) is 7.90. The van der Waals surface area contributed by atoms with Crippen LogP contribution in [0, 0.1) is 0 Å². The molecule has 0 aliphatic carbocycles. The minimum absolute atomic E-state index is 0.0135. The number of rotatable bonds is 4. The SMILES string of the molecule is O=C(C[S@](=O)Cc1cc(Cl)c2c(c1)OCCCO2)N1CCc2ccccc21. The molecule has 0 saturated carbocycles. The number of hydrogen-bond acceptors (Lipinski definition) is 4. The van der Waals surface area contributed by atoms with Gasteiger partial charge in [-0.25, -0.2) is 0 Å². The van der Waals surface area contributed by atoms with Crippen LogP contribution in [-0.4, -0.2) is 35.6 Å². The fraction of sp³-hybridized carbons (Fsp3) is 0.350. The first-order chi connectivity index (χ1) is 13.1. The van der Waals surface area contributed by atoms with Crippen LogP contribution in [0.25, 0.3) is 0 Å². The van der Waals surface area contributed by atoms with Crippen LogP contribution in [0.5, 0.6) is 11.5 Å². The maximum Gasteiger partial charge on any atom is 0.239 e. The van der Waals surface area contributed by atoms with Crippen LogP contribution in [0.2, 0.25) is 5.02 Å². The Morgan fingerprint density at radius 1 is 1.19 bits per heavy atom. The van der Waals surface area contributed by atoms with Crippen molar-refractivity contribution in [2.45, 2.75) is 18.6 Å². The number of para-hydroxylation sites is 1. The van der Waals surface area contributed by atoms with Crippen molar-refractivity contribution in [3.8, 4) is 11.5 Å². The Hall–Kier alpha value is -2.05. The first kappa shape index (κ1) is 18.3. The van der Waals surface area contributed by atoms with Gasteiger partial charge in [-0.3, -0.25) is 9.00 Å². The largest absolute Gasteiger partial charge is 0.489 e. The molecule has 1 amide bonds. The van der Waals surface area contributed by atoms with Crippen LogP contribution in [0.3, 0.4) is 0 Å². The van der Waals surface area contributed by atoms with E-state index in [0.29, 0.717) is 36.3 Å². The smallest absolute Gasteiger partial charge is 0.239 e. The van der Waals surface area contributed by atoms with Gasteiger partial charge >= 0.3 is 0 Å². The van der Waals surface area contributed by atoms with Crippen LogP contribution >= 0.6 is 11.6 Å². The molecule has 142 valence electrons. The third-order valence-corrected chi connectivity index (χ3v) is 6.17. The van der Waals surface area contributed by atoms with Gasteiger partial charge in [-0.1, -0.05) is 29.8 Å². The topological polar surface area (TPSA) is 55.8 Å². The van der Waals surface area contributed by atoms with Gasteiger partial charge in [0.15, 0.2) is 11.5 Å². The number of fused-ring (bicyclic) bond motifs is 2. The molecular formula is C20H20ClNO4S. The van der Waals surface area contributed by atoms with E-state index in [4.69, 9.17) is 21.1 Å². The van der Waals surface area contributed by atoms with Crippen molar-refractivity contribution in [1.82, 2.24) is 0 Å². The lowest BCUT2D eigenvalue weighted by Gasteiger charge is -2.17. The molecule has 5 nitrogen and oxygen atoms in total. The second-order valence-electron chi connectivity index (χ2n) is 6.61. The lowest BCUT2D eigenvalue weighted by Crippen LogP contribution is -2.33. The van der Waals surface area contributed by atoms with E-state index in [9.17, 15) is 9.00 Å². The van der Waals surface area contributed by atoms with Crippen molar-refractivity contribution in [1.29, 1.82) is 0 Å². The zero-order valence-electron chi connectivity index (χ0n) is 14.8. The summed E-state index contributed by atoms with van der Waals surface area (Å²) in [6, 6.07) is 11.4. The Balaban J connectivity index is 1.43.